The molecule has 0 bridgehead atoms. The third kappa shape index (κ3) is 6.30. The number of unbranched alkanes of at least 4 members (excludes halogenated alkanes) is 3. The van der Waals surface area contributed by atoms with Crippen LogP contribution in [0.2, 0.25) is 0 Å². The van der Waals surface area contributed by atoms with Crippen LogP contribution in [0.15, 0.2) is 29.3 Å². The second kappa shape index (κ2) is 9.46. The molecule has 0 aliphatic carbocycles. The molecule has 3 nitrogen and oxygen atoms in total. The highest BCUT2D eigenvalue weighted by Crippen LogP contribution is 2.12. The largest absolute Gasteiger partial charge is 0.335 e. The number of rotatable bonds is 6. The number of nitrogens with zero attached hydrogens (tertiary/aromatic N) is 2. The van der Waals surface area contributed by atoms with Gasteiger partial charge in [-0.2, -0.15) is 5.26 Å². The number of amidine groups is 1. The van der Waals surface area contributed by atoms with Crippen LogP contribution in [0.5, 0.6) is 0 Å². The Morgan fingerprint density at radius 3 is 2.58 bits per heavy atom. The van der Waals surface area contributed by atoms with E-state index in [0.717, 1.165) is 23.8 Å². The van der Waals surface area contributed by atoms with Crippen molar-refractivity contribution in [3.8, 4) is 6.07 Å². The molecule has 0 heterocycles. The lowest BCUT2D eigenvalue weighted by Gasteiger charge is -2.07. The molecule has 0 saturated carbocycles. The lowest BCUT2D eigenvalue weighted by atomic mass is 10.2. The van der Waals surface area contributed by atoms with Crippen molar-refractivity contribution in [3.63, 3.8) is 0 Å². The number of anilines is 1. The molecule has 0 spiro atoms. The summed E-state index contributed by atoms with van der Waals surface area (Å²) in [4.78, 5) is 4.56. The van der Waals surface area contributed by atoms with Gasteiger partial charge in [0.2, 0.25) is 0 Å². The Labute approximate surface area is 120 Å². The fourth-order valence-electron chi connectivity index (χ4n) is 1.63. The van der Waals surface area contributed by atoms with Gasteiger partial charge in [-0.1, -0.05) is 37.9 Å². The first-order valence-corrected chi connectivity index (χ1v) is 7.88. The molecule has 0 radical (unpaired) electrons. The zero-order valence-electron chi connectivity index (χ0n) is 11.6. The van der Waals surface area contributed by atoms with Gasteiger partial charge in [0.15, 0.2) is 5.17 Å². The van der Waals surface area contributed by atoms with Gasteiger partial charge in [-0.15, -0.1) is 0 Å². The monoisotopic (exact) mass is 275 g/mol. The van der Waals surface area contributed by atoms with E-state index < -0.39 is 0 Å². The van der Waals surface area contributed by atoms with Crippen LogP contribution in [-0.4, -0.2) is 18.0 Å². The molecule has 1 rings (SSSR count). The van der Waals surface area contributed by atoms with E-state index in [-0.39, 0.29) is 0 Å². The molecule has 0 atom stereocenters. The summed E-state index contributed by atoms with van der Waals surface area (Å²) >= 11 is 1.61. The highest BCUT2D eigenvalue weighted by molar-refractivity contribution is 8.13. The zero-order valence-corrected chi connectivity index (χ0v) is 12.5. The van der Waals surface area contributed by atoms with Crippen LogP contribution >= 0.6 is 11.8 Å². The topological polar surface area (TPSA) is 48.2 Å². The summed E-state index contributed by atoms with van der Waals surface area (Å²) in [6.07, 6.45) is 6.95. The van der Waals surface area contributed by atoms with E-state index in [4.69, 9.17) is 5.26 Å². The van der Waals surface area contributed by atoms with Gasteiger partial charge in [0.05, 0.1) is 11.6 Å². The summed E-state index contributed by atoms with van der Waals surface area (Å²) in [5, 5.41) is 13.0. The molecule has 102 valence electrons. The van der Waals surface area contributed by atoms with Crippen LogP contribution in [0.25, 0.3) is 0 Å². The fraction of sp³-hybridized carbons (Fsp3) is 0.467. The minimum Gasteiger partial charge on any atom is -0.335 e. The predicted octanol–water partition coefficient (Wildman–Crippen LogP) is 4.27. The van der Waals surface area contributed by atoms with E-state index >= 15 is 0 Å². The maximum absolute atomic E-state index is 8.75. The van der Waals surface area contributed by atoms with Crippen molar-refractivity contribution in [2.24, 2.45) is 4.99 Å². The van der Waals surface area contributed by atoms with Gasteiger partial charge in [-0.3, -0.25) is 4.99 Å². The Bertz CT molecular complexity index is 432. The van der Waals surface area contributed by atoms with Crippen LogP contribution < -0.4 is 5.32 Å². The first kappa shape index (κ1) is 15.6. The first-order chi connectivity index (χ1) is 9.30. The Morgan fingerprint density at radius 2 is 2.00 bits per heavy atom. The first-order valence-electron chi connectivity index (χ1n) is 6.65. The van der Waals surface area contributed by atoms with Crippen LogP contribution in [0, 0.1) is 11.3 Å². The fourth-order valence-corrected chi connectivity index (χ4v) is 2.07. The van der Waals surface area contributed by atoms with Crippen LogP contribution in [0.3, 0.4) is 0 Å². The number of nitrogens with one attached hydrogen (secondary N) is 1. The molecule has 1 aromatic rings. The molecule has 0 aromatic heterocycles. The lowest BCUT2D eigenvalue weighted by Crippen LogP contribution is -2.08. The minimum absolute atomic E-state index is 0.674. The van der Waals surface area contributed by atoms with Crippen LogP contribution in [-0.2, 0) is 0 Å². The standard InChI is InChI=1S/C15H21N3S/c1-3-4-5-6-11-17-15(19-2)18-14-9-7-13(12-16)8-10-14/h7-10H,3-6,11H2,1-2H3,(H,17,18). The van der Waals surface area contributed by atoms with Gasteiger partial charge in [0.25, 0.3) is 0 Å². The summed E-state index contributed by atoms with van der Waals surface area (Å²) < 4.78 is 0. The van der Waals surface area contributed by atoms with Crippen LogP contribution in [0.4, 0.5) is 5.69 Å². The van der Waals surface area contributed by atoms with Crippen LogP contribution in [0.1, 0.15) is 38.2 Å². The van der Waals surface area contributed by atoms with E-state index in [1.54, 1.807) is 11.8 Å². The molecule has 0 saturated heterocycles. The van der Waals surface area contributed by atoms with Gasteiger partial charge in [0.1, 0.15) is 0 Å². The third-order valence-electron chi connectivity index (χ3n) is 2.73. The molecular formula is C15H21N3S. The quantitative estimate of drug-likeness (QED) is 0.479. The van der Waals surface area contributed by atoms with Crippen molar-refractivity contribution >= 4 is 22.6 Å². The van der Waals surface area contributed by atoms with Gasteiger partial charge in [-0.05, 0) is 36.9 Å². The summed E-state index contributed by atoms with van der Waals surface area (Å²) in [5.41, 5.74) is 1.65. The van der Waals surface area contributed by atoms with E-state index in [2.05, 4.69) is 23.3 Å². The molecule has 19 heavy (non-hydrogen) atoms. The normalized spacial score (nSPS) is 11.1. The number of hydrogen-bond acceptors (Lipinski definition) is 3. The molecule has 0 aliphatic rings. The number of hydrogen-bond donors (Lipinski definition) is 1. The number of aliphatic imine (C=N–C) groups is 1. The molecule has 1 N–H and O–H groups in total. The molecular weight excluding hydrogens is 254 g/mol. The number of thioether (sulfide) groups is 1. The van der Waals surface area contributed by atoms with Gasteiger partial charge in [-0.25, -0.2) is 0 Å². The summed E-state index contributed by atoms with van der Waals surface area (Å²) in [5.74, 6) is 0. The summed E-state index contributed by atoms with van der Waals surface area (Å²) in [7, 11) is 0. The maximum Gasteiger partial charge on any atom is 0.160 e. The van der Waals surface area contributed by atoms with E-state index in [1.807, 2.05) is 30.5 Å². The van der Waals surface area contributed by atoms with Crippen molar-refractivity contribution in [1.82, 2.24) is 0 Å². The molecule has 1 aromatic carbocycles. The van der Waals surface area contributed by atoms with Crippen molar-refractivity contribution in [3.05, 3.63) is 29.8 Å². The Balaban J connectivity index is 2.46. The second-order valence-electron chi connectivity index (χ2n) is 4.27. The van der Waals surface area contributed by atoms with E-state index in [1.165, 1.54) is 19.3 Å². The number of nitriles is 1. The van der Waals surface area contributed by atoms with Crippen molar-refractivity contribution in [2.45, 2.75) is 32.6 Å². The SMILES string of the molecule is CCCCCCN=C(Nc1ccc(C#N)cc1)SC. The highest BCUT2D eigenvalue weighted by Gasteiger charge is 1.98. The van der Waals surface area contributed by atoms with Crippen molar-refractivity contribution < 1.29 is 0 Å². The van der Waals surface area contributed by atoms with Gasteiger partial charge >= 0.3 is 0 Å². The summed E-state index contributed by atoms with van der Waals surface area (Å²) in [6.45, 7) is 3.09. The molecule has 4 heteroatoms. The smallest absolute Gasteiger partial charge is 0.160 e. The van der Waals surface area contributed by atoms with Crippen molar-refractivity contribution in [2.75, 3.05) is 18.1 Å². The molecule has 0 fully saturated rings. The summed E-state index contributed by atoms with van der Waals surface area (Å²) in [6, 6.07) is 9.53. The minimum atomic E-state index is 0.674. The molecule has 0 aliphatic heterocycles. The number of benzene rings is 1. The second-order valence-corrected chi connectivity index (χ2v) is 5.06. The van der Waals surface area contributed by atoms with E-state index in [0.29, 0.717) is 5.56 Å². The zero-order chi connectivity index (χ0) is 13.9. The average molecular weight is 275 g/mol. The highest BCUT2D eigenvalue weighted by atomic mass is 32.2. The average Bonchev–Trinajstić information content (AvgIpc) is 2.46. The van der Waals surface area contributed by atoms with Gasteiger partial charge in [0, 0.05) is 12.2 Å². The Kier molecular flexibility index (Phi) is 7.76. The molecule has 0 amide bonds. The van der Waals surface area contributed by atoms with E-state index in [9.17, 15) is 0 Å². The Hall–Kier alpha value is -1.47. The predicted molar refractivity (Wildman–Crippen MR) is 84.7 cm³/mol. The molecule has 0 unspecified atom stereocenters. The van der Waals surface area contributed by atoms with Gasteiger partial charge < -0.3 is 5.32 Å². The lowest BCUT2D eigenvalue weighted by molar-refractivity contribution is 0.675. The maximum atomic E-state index is 8.75. The third-order valence-corrected chi connectivity index (χ3v) is 3.34. The Morgan fingerprint density at radius 1 is 1.26 bits per heavy atom. The van der Waals surface area contributed by atoms with Crippen molar-refractivity contribution in [1.29, 1.82) is 5.26 Å².